The van der Waals surface area contributed by atoms with Crippen LogP contribution in [0.4, 0.5) is 5.69 Å². The second-order valence-corrected chi connectivity index (χ2v) is 4.25. The van der Waals surface area contributed by atoms with E-state index in [0.717, 1.165) is 17.0 Å². The van der Waals surface area contributed by atoms with Crippen LogP contribution in [0, 0.1) is 13.8 Å². The minimum absolute atomic E-state index is 0.235. The summed E-state index contributed by atoms with van der Waals surface area (Å²) in [6, 6.07) is 1.87. The van der Waals surface area contributed by atoms with Gasteiger partial charge in [-0.1, -0.05) is 0 Å². The van der Waals surface area contributed by atoms with Crippen LogP contribution in [0.5, 0.6) is 0 Å². The first-order valence-corrected chi connectivity index (χ1v) is 5.77. The Labute approximate surface area is 108 Å². The molecule has 7 nitrogen and oxygen atoms in total. The van der Waals surface area contributed by atoms with Crippen molar-refractivity contribution in [2.45, 2.75) is 13.8 Å². The third-order valence-electron chi connectivity index (χ3n) is 2.85. The van der Waals surface area contributed by atoms with Crippen molar-refractivity contribution in [3.05, 3.63) is 41.6 Å². The Morgan fingerprint density at radius 2 is 2.21 bits per heavy atom. The Morgan fingerprint density at radius 1 is 1.37 bits per heavy atom. The highest BCUT2D eigenvalue weighted by atomic mass is 16.1. The molecule has 0 aliphatic carbocycles. The summed E-state index contributed by atoms with van der Waals surface area (Å²) in [7, 11) is 0. The van der Waals surface area contributed by atoms with Crippen LogP contribution in [-0.2, 0) is 0 Å². The van der Waals surface area contributed by atoms with Gasteiger partial charge in [-0.25, -0.2) is 9.50 Å². The summed E-state index contributed by atoms with van der Waals surface area (Å²) in [5, 5.41) is 13.5. The maximum atomic E-state index is 12.1. The molecule has 19 heavy (non-hydrogen) atoms. The van der Waals surface area contributed by atoms with Crippen LogP contribution in [0.1, 0.15) is 21.7 Å². The highest BCUT2D eigenvalue weighted by molar-refractivity contribution is 6.04. The molecule has 0 fully saturated rings. The molecule has 0 aromatic carbocycles. The van der Waals surface area contributed by atoms with Crippen molar-refractivity contribution in [1.82, 2.24) is 24.8 Å². The molecule has 0 aliphatic rings. The second kappa shape index (κ2) is 4.20. The van der Waals surface area contributed by atoms with Crippen LogP contribution in [0.15, 0.2) is 24.7 Å². The lowest BCUT2D eigenvalue weighted by Gasteiger charge is -2.06. The molecule has 1 amide bonds. The molecule has 3 rings (SSSR count). The number of fused-ring (bicyclic) bond motifs is 1. The number of carbonyl (C=O) groups excluding carboxylic acids is 1. The van der Waals surface area contributed by atoms with E-state index in [4.69, 9.17) is 0 Å². The number of H-pyrrole nitrogens is 1. The first-order valence-electron chi connectivity index (χ1n) is 5.77. The molecule has 0 aliphatic heterocycles. The summed E-state index contributed by atoms with van der Waals surface area (Å²) >= 11 is 0. The summed E-state index contributed by atoms with van der Waals surface area (Å²) in [5.74, 6) is -0.235. The third kappa shape index (κ3) is 1.95. The van der Waals surface area contributed by atoms with Crippen molar-refractivity contribution in [2.75, 3.05) is 5.32 Å². The van der Waals surface area contributed by atoms with Crippen LogP contribution < -0.4 is 5.32 Å². The van der Waals surface area contributed by atoms with Gasteiger partial charge in [-0.15, -0.1) is 0 Å². The van der Waals surface area contributed by atoms with Crippen LogP contribution in [0.2, 0.25) is 0 Å². The number of rotatable bonds is 2. The molecule has 96 valence electrons. The van der Waals surface area contributed by atoms with E-state index in [9.17, 15) is 4.79 Å². The van der Waals surface area contributed by atoms with Gasteiger partial charge in [0.15, 0.2) is 5.65 Å². The molecule has 0 bridgehead atoms. The zero-order valence-electron chi connectivity index (χ0n) is 10.5. The van der Waals surface area contributed by atoms with Gasteiger partial charge in [0.2, 0.25) is 0 Å². The van der Waals surface area contributed by atoms with Gasteiger partial charge < -0.3 is 5.32 Å². The predicted octanol–water partition coefficient (Wildman–Crippen LogP) is 1.32. The predicted molar refractivity (Wildman–Crippen MR) is 69.0 cm³/mol. The molecule has 2 N–H and O–H groups in total. The number of amides is 1. The lowest BCUT2D eigenvalue weighted by Crippen LogP contribution is -2.15. The Hall–Kier alpha value is -2.70. The Morgan fingerprint density at radius 3 is 2.95 bits per heavy atom. The zero-order valence-corrected chi connectivity index (χ0v) is 10.5. The van der Waals surface area contributed by atoms with Crippen molar-refractivity contribution in [3.8, 4) is 0 Å². The average molecular weight is 256 g/mol. The molecule has 3 heterocycles. The van der Waals surface area contributed by atoms with Gasteiger partial charge in [0.1, 0.15) is 0 Å². The molecular formula is C12H12N6O. The van der Waals surface area contributed by atoms with Gasteiger partial charge in [0.25, 0.3) is 5.91 Å². The SMILES string of the molecule is Cc1cc2ncc(C(=O)Nc3cn[nH]c3)c(C)n2n1. The maximum absolute atomic E-state index is 12.1. The average Bonchev–Trinajstić information content (AvgIpc) is 2.98. The normalized spacial score (nSPS) is 10.8. The largest absolute Gasteiger partial charge is 0.319 e. The van der Waals surface area contributed by atoms with E-state index in [1.165, 1.54) is 6.20 Å². The summed E-state index contributed by atoms with van der Waals surface area (Å²) in [4.78, 5) is 16.4. The fraction of sp³-hybridized carbons (Fsp3) is 0.167. The van der Waals surface area contributed by atoms with E-state index in [-0.39, 0.29) is 5.91 Å². The Bertz CT molecular complexity index is 743. The summed E-state index contributed by atoms with van der Waals surface area (Å²) in [6.45, 7) is 3.73. The zero-order chi connectivity index (χ0) is 13.4. The molecule has 3 aromatic heterocycles. The monoisotopic (exact) mass is 256 g/mol. The molecule has 0 radical (unpaired) electrons. The smallest absolute Gasteiger partial charge is 0.259 e. The van der Waals surface area contributed by atoms with Crippen LogP contribution >= 0.6 is 0 Å². The fourth-order valence-corrected chi connectivity index (χ4v) is 1.90. The first kappa shape index (κ1) is 11.4. The molecule has 0 unspecified atom stereocenters. The fourth-order valence-electron chi connectivity index (χ4n) is 1.90. The van der Waals surface area contributed by atoms with Crippen molar-refractivity contribution in [2.24, 2.45) is 0 Å². The minimum atomic E-state index is -0.235. The van der Waals surface area contributed by atoms with Gasteiger partial charge in [-0.05, 0) is 13.8 Å². The highest BCUT2D eigenvalue weighted by Crippen LogP contribution is 2.13. The quantitative estimate of drug-likeness (QED) is 0.723. The number of nitrogens with one attached hydrogen (secondary N) is 2. The summed E-state index contributed by atoms with van der Waals surface area (Å²) < 4.78 is 1.67. The molecule has 0 atom stereocenters. The van der Waals surface area contributed by atoms with Gasteiger partial charge in [0, 0.05) is 18.5 Å². The van der Waals surface area contributed by atoms with E-state index in [2.05, 4.69) is 25.6 Å². The molecular weight excluding hydrogens is 244 g/mol. The van der Waals surface area contributed by atoms with E-state index in [0.29, 0.717) is 11.3 Å². The number of hydrogen-bond acceptors (Lipinski definition) is 4. The van der Waals surface area contributed by atoms with E-state index < -0.39 is 0 Å². The van der Waals surface area contributed by atoms with Crippen LogP contribution in [-0.4, -0.2) is 30.7 Å². The molecule has 0 saturated carbocycles. The van der Waals surface area contributed by atoms with E-state index >= 15 is 0 Å². The minimum Gasteiger partial charge on any atom is -0.319 e. The second-order valence-electron chi connectivity index (χ2n) is 4.25. The molecule has 3 aromatic rings. The van der Waals surface area contributed by atoms with E-state index in [1.807, 2.05) is 19.9 Å². The number of hydrogen-bond donors (Lipinski definition) is 2. The lowest BCUT2D eigenvalue weighted by atomic mass is 10.2. The van der Waals surface area contributed by atoms with Gasteiger partial charge in [-0.2, -0.15) is 10.2 Å². The summed E-state index contributed by atoms with van der Waals surface area (Å²) in [6.07, 6.45) is 4.70. The topological polar surface area (TPSA) is 88.0 Å². The maximum Gasteiger partial charge on any atom is 0.259 e. The number of aromatic amines is 1. The number of aromatic nitrogens is 5. The van der Waals surface area contributed by atoms with Crippen LogP contribution in [0.3, 0.4) is 0 Å². The number of nitrogens with zero attached hydrogens (tertiary/aromatic N) is 4. The van der Waals surface area contributed by atoms with Gasteiger partial charge in [-0.3, -0.25) is 9.89 Å². The number of aryl methyl sites for hydroxylation is 2. The highest BCUT2D eigenvalue weighted by Gasteiger charge is 2.14. The molecule has 0 spiro atoms. The van der Waals surface area contributed by atoms with Crippen molar-refractivity contribution in [3.63, 3.8) is 0 Å². The van der Waals surface area contributed by atoms with Gasteiger partial charge >= 0.3 is 0 Å². The van der Waals surface area contributed by atoms with E-state index in [1.54, 1.807) is 16.9 Å². The standard InChI is InChI=1S/C12H12N6O/c1-7-3-11-13-6-10(8(2)18(11)17-7)12(19)16-9-4-14-15-5-9/h3-6H,1-2H3,(H,14,15)(H,16,19). The number of anilines is 1. The third-order valence-corrected chi connectivity index (χ3v) is 2.85. The first-order chi connectivity index (χ1) is 9.15. The van der Waals surface area contributed by atoms with Crippen molar-refractivity contribution < 1.29 is 4.79 Å². The lowest BCUT2D eigenvalue weighted by molar-refractivity contribution is 0.102. The van der Waals surface area contributed by atoms with Crippen molar-refractivity contribution in [1.29, 1.82) is 0 Å². The summed E-state index contributed by atoms with van der Waals surface area (Å²) in [5.41, 5.74) is 3.44. The van der Waals surface area contributed by atoms with Crippen LogP contribution in [0.25, 0.3) is 5.65 Å². The van der Waals surface area contributed by atoms with Crippen molar-refractivity contribution >= 4 is 17.2 Å². The van der Waals surface area contributed by atoms with Gasteiger partial charge in [0.05, 0.1) is 28.8 Å². The Balaban J connectivity index is 2.00. The molecule has 7 heteroatoms. The number of carbonyl (C=O) groups is 1. The Kier molecular flexibility index (Phi) is 2.52. The molecule has 0 saturated heterocycles.